The lowest BCUT2D eigenvalue weighted by Crippen LogP contribution is -3.07. The van der Waals surface area contributed by atoms with Gasteiger partial charge in [0.2, 0.25) is 0 Å². The number of hydrogen-bond donors (Lipinski definition) is 2. The summed E-state index contributed by atoms with van der Waals surface area (Å²) in [4.78, 5) is 1.32. The first-order chi connectivity index (χ1) is 6.15. The van der Waals surface area contributed by atoms with E-state index in [2.05, 4.69) is 19.8 Å². The van der Waals surface area contributed by atoms with Gasteiger partial charge in [-0.05, 0) is 24.3 Å². The smallest absolute Gasteiger partial charge is 0.162 e. The first-order valence-electron chi connectivity index (χ1n) is 4.50. The van der Waals surface area contributed by atoms with Crippen molar-refractivity contribution in [1.29, 1.82) is 0 Å². The van der Waals surface area contributed by atoms with Crippen LogP contribution in [0.3, 0.4) is 0 Å². The van der Waals surface area contributed by atoms with Gasteiger partial charge in [-0.25, -0.2) is 4.39 Å². The fourth-order valence-electron chi connectivity index (χ4n) is 1.48. The summed E-state index contributed by atoms with van der Waals surface area (Å²) in [5.41, 5.74) is 5.04. The number of likely N-dealkylation sites (N-methyl/N-ethyl adjacent to an activating group) is 1. The Morgan fingerprint density at radius 1 is 1.31 bits per heavy atom. The zero-order valence-electron chi connectivity index (χ0n) is 8.18. The zero-order valence-corrected chi connectivity index (χ0v) is 8.18. The first kappa shape index (κ1) is 10.2. The molecule has 1 rings (SSSR count). The molecule has 0 radical (unpaired) electrons. The fourth-order valence-corrected chi connectivity index (χ4v) is 1.48. The standard InChI is InChI=1S/C10H15FN2/c1-13(2)10(7-12)8-3-5-9(11)6-4-8/h3-6,10H,7,12H2,1-2H3/p+2/t10-/m1/s1. The Morgan fingerprint density at radius 2 is 1.85 bits per heavy atom. The summed E-state index contributed by atoms with van der Waals surface area (Å²) in [5, 5.41) is 0. The van der Waals surface area contributed by atoms with Crippen LogP contribution < -0.4 is 10.6 Å². The predicted molar refractivity (Wildman–Crippen MR) is 49.7 cm³/mol. The normalized spacial score (nSPS) is 13.3. The van der Waals surface area contributed by atoms with Gasteiger partial charge < -0.3 is 10.6 Å². The van der Waals surface area contributed by atoms with Crippen LogP contribution in [0, 0.1) is 5.82 Å². The SMILES string of the molecule is C[NH+](C)[C@H](C[NH3+])c1ccc(F)cc1. The Morgan fingerprint density at radius 3 is 2.23 bits per heavy atom. The van der Waals surface area contributed by atoms with E-state index in [1.54, 1.807) is 0 Å². The quantitative estimate of drug-likeness (QED) is 0.620. The van der Waals surface area contributed by atoms with Crippen LogP contribution in [0.2, 0.25) is 0 Å². The van der Waals surface area contributed by atoms with E-state index in [9.17, 15) is 4.39 Å². The second-order valence-corrected chi connectivity index (χ2v) is 3.47. The van der Waals surface area contributed by atoms with Crippen LogP contribution in [0.5, 0.6) is 0 Å². The van der Waals surface area contributed by atoms with Gasteiger partial charge in [-0.1, -0.05) is 0 Å². The average Bonchev–Trinajstić information content (AvgIpc) is 2.09. The molecule has 0 saturated carbocycles. The maximum absolute atomic E-state index is 12.6. The molecule has 0 unspecified atom stereocenters. The minimum Gasteiger partial charge on any atom is -0.352 e. The Hall–Kier alpha value is -0.930. The molecule has 13 heavy (non-hydrogen) atoms. The van der Waals surface area contributed by atoms with Crippen LogP contribution in [0.1, 0.15) is 11.6 Å². The van der Waals surface area contributed by atoms with Gasteiger partial charge in [-0.3, -0.25) is 0 Å². The van der Waals surface area contributed by atoms with Crippen LogP contribution in [-0.4, -0.2) is 20.6 Å². The number of rotatable bonds is 3. The lowest BCUT2D eigenvalue weighted by atomic mass is 10.1. The maximum Gasteiger partial charge on any atom is 0.162 e. The van der Waals surface area contributed by atoms with Gasteiger partial charge in [0, 0.05) is 5.56 Å². The molecule has 0 saturated heterocycles. The molecule has 0 bridgehead atoms. The van der Waals surface area contributed by atoms with Gasteiger partial charge in [0.15, 0.2) is 6.04 Å². The summed E-state index contributed by atoms with van der Waals surface area (Å²) in [6.45, 7) is 0.827. The topological polar surface area (TPSA) is 32.1 Å². The molecule has 0 spiro atoms. The Bertz CT molecular complexity index is 256. The van der Waals surface area contributed by atoms with Crippen molar-refractivity contribution < 1.29 is 15.0 Å². The summed E-state index contributed by atoms with van der Waals surface area (Å²) < 4.78 is 12.6. The Labute approximate surface area is 78.2 Å². The summed E-state index contributed by atoms with van der Waals surface area (Å²) in [6.07, 6.45) is 0. The van der Waals surface area contributed by atoms with Gasteiger partial charge in [0.1, 0.15) is 12.4 Å². The number of halogens is 1. The van der Waals surface area contributed by atoms with Crippen molar-refractivity contribution in [2.24, 2.45) is 0 Å². The molecule has 72 valence electrons. The molecule has 0 fully saturated rings. The second-order valence-electron chi connectivity index (χ2n) is 3.47. The highest BCUT2D eigenvalue weighted by Crippen LogP contribution is 2.08. The zero-order chi connectivity index (χ0) is 9.84. The van der Waals surface area contributed by atoms with Crippen LogP contribution in [0.4, 0.5) is 4.39 Å². The third kappa shape index (κ3) is 2.50. The number of quaternary nitrogens is 2. The molecule has 0 heterocycles. The Kier molecular flexibility index (Phi) is 3.39. The molecular formula is C10H17FN2+2. The van der Waals surface area contributed by atoms with Crippen LogP contribution >= 0.6 is 0 Å². The van der Waals surface area contributed by atoms with E-state index in [-0.39, 0.29) is 5.82 Å². The minimum atomic E-state index is -0.180. The third-order valence-corrected chi connectivity index (χ3v) is 2.26. The van der Waals surface area contributed by atoms with Gasteiger partial charge in [-0.15, -0.1) is 0 Å². The van der Waals surface area contributed by atoms with Crippen LogP contribution in [0.15, 0.2) is 24.3 Å². The van der Waals surface area contributed by atoms with Crippen LogP contribution in [-0.2, 0) is 0 Å². The molecule has 0 amide bonds. The molecule has 3 heteroatoms. The van der Waals surface area contributed by atoms with Crippen molar-refractivity contribution in [3.05, 3.63) is 35.6 Å². The van der Waals surface area contributed by atoms with Gasteiger partial charge in [0.25, 0.3) is 0 Å². The van der Waals surface area contributed by atoms with Gasteiger partial charge in [-0.2, -0.15) is 0 Å². The lowest BCUT2D eigenvalue weighted by Gasteiger charge is -2.17. The highest BCUT2D eigenvalue weighted by molar-refractivity contribution is 5.18. The van der Waals surface area contributed by atoms with Crippen molar-refractivity contribution in [3.8, 4) is 0 Å². The predicted octanol–water partition coefficient (Wildman–Crippen LogP) is -0.747. The summed E-state index contributed by atoms with van der Waals surface area (Å²) in [7, 11) is 4.17. The summed E-state index contributed by atoms with van der Waals surface area (Å²) in [6, 6.07) is 7.03. The molecule has 0 aliphatic rings. The van der Waals surface area contributed by atoms with Crippen molar-refractivity contribution in [3.63, 3.8) is 0 Å². The van der Waals surface area contributed by atoms with Gasteiger partial charge in [0.05, 0.1) is 14.1 Å². The van der Waals surface area contributed by atoms with E-state index in [0.717, 1.165) is 12.1 Å². The van der Waals surface area contributed by atoms with E-state index in [0.29, 0.717) is 6.04 Å². The van der Waals surface area contributed by atoms with E-state index >= 15 is 0 Å². The molecule has 0 aliphatic heterocycles. The third-order valence-electron chi connectivity index (χ3n) is 2.26. The highest BCUT2D eigenvalue weighted by Gasteiger charge is 2.17. The van der Waals surface area contributed by atoms with E-state index < -0.39 is 0 Å². The minimum absolute atomic E-state index is 0.180. The molecule has 1 aromatic carbocycles. The number of nitrogens with one attached hydrogen (secondary N) is 1. The monoisotopic (exact) mass is 184 g/mol. The number of benzene rings is 1. The first-order valence-corrected chi connectivity index (χ1v) is 4.50. The molecule has 1 atom stereocenters. The second kappa shape index (κ2) is 4.35. The maximum atomic E-state index is 12.6. The largest absolute Gasteiger partial charge is 0.352 e. The molecule has 0 aliphatic carbocycles. The molecule has 4 N–H and O–H groups in total. The van der Waals surface area contributed by atoms with E-state index in [4.69, 9.17) is 0 Å². The number of hydrogen-bond acceptors (Lipinski definition) is 0. The van der Waals surface area contributed by atoms with Crippen molar-refractivity contribution in [1.82, 2.24) is 0 Å². The summed E-state index contributed by atoms with van der Waals surface area (Å²) in [5.74, 6) is -0.180. The highest BCUT2D eigenvalue weighted by atomic mass is 19.1. The molecule has 0 aromatic heterocycles. The van der Waals surface area contributed by atoms with Crippen LogP contribution in [0.25, 0.3) is 0 Å². The molecule has 1 aromatic rings. The lowest BCUT2D eigenvalue weighted by molar-refractivity contribution is -0.899. The van der Waals surface area contributed by atoms with E-state index in [1.165, 1.54) is 17.0 Å². The average molecular weight is 184 g/mol. The van der Waals surface area contributed by atoms with Crippen molar-refractivity contribution in [2.75, 3.05) is 20.6 Å². The van der Waals surface area contributed by atoms with Crippen molar-refractivity contribution >= 4 is 0 Å². The van der Waals surface area contributed by atoms with Gasteiger partial charge >= 0.3 is 0 Å². The Balaban J connectivity index is 2.86. The van der Waals surface area contributed by atoms with E-state index in [1.807, 2.05) is 12.1 Å². The fraction of sp³-hybridized carbons (Fsp3) is 0.400. The summed E-state index contributed by atoms with van der Waals surface area (Å²) >= 11 is 0. The molecular weight excluding hydrogens is 167 g/mol. The molecule has 2 nitrogen and oxygen atoms in total. The van der Waals surface area contributed by atoms with Crippen molar-refractivity contribution in [2.45, 2.75) is 6.04 Å².